The van der Waals surface area contributed by atoms with Crippen LogP contribution in [0.3, 0.4) is 0 Å². The van der Waals surface area contributed by atoms with Gasteiger partial charge in [-0.05, 0) is 33.6 Å². The van der Waals surface area contributed by atoms with Crippen LogP contribution >= 0.6 is 0 Å². The summed E-state index contributed by atoms with van der Waals surface area (Å²) in [5.74, 6) is -0.103. The summed E-state index contributed by atoms with van der Waals surface area (Å²) in [6, 6.07) is 0. The molecule has 0 heterocycles. The van der Waals surface area contributed by atoms with Crippen molar-refractivity contribution in [3.63, 3.8) is 0 Å². The zero-order valence-electron chi connectivity index (χ0n) is 10.3. The molecule has 0 amide bonds. The Kier molecular flexibility index (Phi) is 6.52. The summed E-state index contributed by atoms with van der Waals surface area (Å²) < 4.78 is 10.2. The molecule has 0 unspecified atom stereocenters. The number of rotatable bonds is 7. The molecule has 88 valence electrons. The van der Waals surface area contributed by atoms with Crippen molar-refractivity contribution in [1.82, 2.24) is 0 Å². The fraction of sp³-hybridized carbons (Fsp3) is 0.727. The molecule has 0 atom stereocenters. The summed E-state index contributed by atoms with van der Waals surface area (Å²) in [4.78, 5) is 11.4. The molecular formula is C11H22O3Si. The molecule has 0 aromatic rings. The van der Waals surface area contributed by atoms with E-state index in [-0.39, 0.29) is 11.4 Å². The predicted molar refractivity (Wildman–Crippen MR) is 64.7 cm³/mol. The first-order valence-corrected chi connectivity index (χ1v) is 6.02. The molecule has 0 N–H and O–H groups in total. The highest BCUT2D eigenvalue weighted by atomic mass is 28.2. The van der Waals surface area contributed by atoms with Gasteiger partial charge in [-0.1, -0.05) is 12.2 Å². The lowest BCUT2D eigenvalue weighted by Gasteiger charge is -2.21. The monoisotopic (exact) mass is 230 g/mol. The first kappa shape index (κ1) is 14.4. The molecule has 0 aromatic heterocycles. The zero-order valence-corrected chi connectivity index (χ0v) is 12.3. The van der Waals surface area contributed by atoms with Crippen molar-refractivity contribution in [1.29, 1.82) is 0 Å². The van der Waals surface area contributed by atoms with Crippen LogP contribution < -0.4 is 0 Å². The number of hydrogen-bond donors (Lipinski definition) is 0. The Balaban J connectivity index is 3.66. The maximum absolute atomic E-state index is 11.4. The largest absolute Gasteiger partial charge is 0.528 e. The molecular weight excluding hydrogens is 208 g/mol. The predicted octanol–water partition coefficient (Wildman–Crippen LogP) is 1.21. The van der Waals surface area contributed by atoms with E-state index < -0.39 is 0 Å². The maximum atomic E-state index is 11.4. The molecule has 0 saturated carbocycles. The van der Waals surface area contributed by atoms with Crippen molar-refractivity contribution in [2.45, 2.75) is 33.6 Å². The molecule has 0 aliphatic carbocycles. The molecule has 0 fully saturated rings. The highest BCUT2D eigenvalue weighted by molar-refractivity contribution is 6.06. The third-order valence-electron chi connectivity index (χ3n) is 2.18. The van der Waals surface area contributed by atoms with Crippen molar-refractivity contribution in [3.8, 4) is 0 Å². The van der Waals surface area contributed by atoms with E-state index in [9.17, 15) is 4.79 Å². The van der Waals surface area contributed by atoms with Crippen LogP contribution in [0.5, 0.6) is 0 Å². The van der Waals surface area contributed by atoms with Crippen LogP contribution in [0, 0.1) is 5.41 Å². The summed E-state index contributed by atoms with van der Waals surface area (Å²) in [5.41, 5.74) is 0.641. The van der Waals surface area contributed by atoms with E-state index in [0.29, 0.717) is 23.7 Å². The summed E-state index contributed by atoms with van der Waals surface area (Å²) >= 11 is 0. The normalized spacial score (nSPS) is 11.4. The third-order valence-corrected chi connectivity index (χ3v) is 2.55. The van der Waals surface area contributed by atoms with E-state index in [1.165, 1.54) is 0 Å². The van der Waals surface area contributed by atoms with Crippen LogP contribution in [0.25, 0.3) is 0 Å². The van der Waals surface area contributed by atoms with E-state index in [4.69, 9.17) is 9.16 Å². The minimum atomic E-state index is -0.381. The average Bonchev–Trinajstić information content (AvgIpc) is 2.15. The van der Waals surface area contributed by atoms with Crippen molar-refractivity contribution in [3.05, 3.63) is 12.2 Å². The van der Waals surface area contributed by atoms with E-state index in [2.05, 4.69) is 6.58 Å². The third kappa shape index (κ3) is 6.46. The average molecular weight is 230 g/mol. The molecule has 0 spiro atoms. The molecule has 0 aliphatic heterocycles. The van der Waals surface area contributed by atoms with Gasteiger partial charge in [-0.15, -0.1) is 0 Å². The standard InChI is InChI=1S/C11H22O3Si/c1-9(2)8-13-7-5-6-11(3,4)10(12)14-15/h1,5-8H2,2-4,15H3. The molecule has 0 aliphatic rings. The number of hydrogen-bond acceptors (Lipinski definition) is 3. The molecule has 0 saturated heterocycles. The van der Waals surface area contributed by atoms with Crippen LogP contribution in [0.15, 0.2) is 12.2 Å². The fourth-order valence-electron chi connectivity index (χ4n) is 1.24. The van der Waals surface area contributed by atoms with Crippen LogP contribution in [0.2, 0.25) is 0 Å². The lowest BCUT2D eigenvalue weighted by Crippen LogP contribution is -2.26. The minimum absolute atomic E-state index is 0.103. The van der Waals surface area contributed by atoms with E-state index in [1.807, 2.05) is 20.8 Å². The second-order valence-corrected chi connectivity index (χ2v) is 4.90. The number of carbonyl (C=O) groups excluding carboxylic acids is 1. The van der Waals surface area contributed by atoms with Gasteiger partial charge in [0.05, 0.1) is 12.0 Å². The molecule has 0 bridgehead atoms. The Morgan fingerprint density at radius 1 is 1.47 bits per heavy atom. The SMILES string of the molecule is C=C(C)COCCCC(C)(C)C(=O)O[SiH3]. The highest BCUT2D eigenvalue weighted by Gasteiger charge is 2.27. The van der Waals surface area contributed by atoms with Crippen LogP contribution in [-0.2, 0) is 14.0 Å². The van der Waals surface area contributed by atoms with Crippen molar-refractivity contribution in [2.24, 2.45) is 5.41 Å². The second-order valence-electron chi connectivity index (χ2n) is 4.49. The van der Waals surface area contributed by atoms with Gasteiger partial charge in [-0.3, -0.25) is 4.79 Å². The highest BCUT2D eigenvalue weighted by Crippen LogP contribution is 2.23. The van der Waals surface area contributed by atoms with Gasteiger partial charge in [0.2, 0.25) is 10.5 Å². The zero-order chi connectivity index (χ0) is 11.9. The molecule has 3 nitrogen and oxygen atoms in total. The van der Waals surface area contributed by atoms with Crippen molar-refractivity contribution >= 4 is 16.5 Å². The fourth-order valence-corrected chi connectivity index (χ4v) is 1.79. The maximum Gasteiger partial charge on any atom is 0.297 e. The Morgan fingerprint density at radius 2 is 2.07 bits per heavy atom. The number of ether oxygens (including phenoxy) is 1. The molecule has 0 radical (unpaired) electrons. The van der Waals surface area contributed by atoms with E-state index >= 15 is 0 Å². The summed E-state index contributed by atoms with van der Waals surface area (Å²) in [6.45, 7) is 10.8. The van der Waals surface area contributed by atoms with Gasteiger partial charge >= 0.3 is 0 Å². The lowest BCUT2D eigenvalue weighted by molar-refractivity contribution is -0.144. The van der Waals surface area contributed by atoms with E-state index in [1.54, 1.807) is 0 Å². The van der Waals surface area contributed by atoms with Crippen LogP contribution in [0.4, 0.5) is 0 Å². The summed E-state index contributed by atoms with van der Waals surface area (Å²) in [6.07, 6.45) is 1.67. The smallest absolute Gasteiger partial charge is 0.297 e. The Hall–Kier alpha value is -0.613. The Labute approximate surface area is 95.4 Å². The van der Waals surface area contributed by atoms with Gasteiger partial charge in [-0.2, -0.15) is 0 Å². The molecule has 0 rings (SSSR count). The minimum Gasteiger partial charge on any atom is -0.528 e. The lowest BCUT2D eigenvalue weighted by atomic mass is 9.88. The number of carbonyl (C=O) groups is 1. The van der Waals surface area contributed by atoms with Crippen LogP contribution in [-0.4, -0.2) is 29.7 Å². The van der Waals surface area contributed by atoms with Gasteiger partial charge in [0, 0.05) is 6.61 Å². The first-order chi connectivity index (χ1) is 6.90. The van der Waals surface area contributed by atoms with Gasteiger partial charge in [0.15, 0.2) is 0 Å². The molecule has 0 aromatic carbocycles. The van der Waals surface area contributed by atoms with Crippen LogP contribution in [0.1, 0.15) is 33.6 Å². The Bertz CT molecular complexity index is 224. The molecule has 4 heteroatoms. The first-order valence-electron chi connectivity index (χ1n) is 5.20. The topological polar surface area (TPSA) is 35.5 Å². The summed E-state index contributed by atoms with van der Waals surface area (Å²) in [5, 5.41) is 0. The van der Waals surface area contributed by atoms with Gasteiger partial charge in [0.1, 0.15) is 0 Å². The van der Waals surface area contributed by atoms with Crippen molar-refractivity contribution in [2.75, 3.05) is 13.2 Å². The quantitative estimate of drug-likeness (QED) is 0.375. The van der Waals surface area contributed by atoms with Crippen molar-refractivity contribution < 1.29 is 14.0 Å². The van der Waals surface area contributed by atoms with Gasteiger partial charge < -0.3 is 9.16 Å². The summed E-state index contributed by atoms with van der Waals surface area (Å²) in [7, 11) is 0.469. The van der Waals surface area contributed by atoms with Gasteiger partial charge in [-0.25, -0.2) is 0 Å². The Morgan fingerprint density at radius 3 is 2.53 bits per heavy atom. The second kappa shape index (κ2) is 6.79. The van der Waals surface area contributed by atoms with Gasteiger partial charge in [0.25, 0.3) is 5.97 Å². The van der Waals surface area contributed by atoms with E-state index in [0.717, 1.165) is 18.4 Å². The molecule has 15 heavy (non-hydrogen) atoms.